The highest BCUT2D eigenvalue weighted by atomic mass is 16.5. The van der Waals surface area contributed by atoms with E-state index in [2.05, 4.69) is 4.74 Å². The average molecular weight is 299 g/mol. The smallest absolute Gasteiger partial charge is 0.341 e. The molecular weight excluding hydrogens is 286 g/mol. The van der Waals surface area contributed by atoms with Gasteiger partial charge in [-0.05, 0) is 37.3 Å². The molecule has 0 saturated heterocycles. The highest BCUT2D eigenvalue weighted by Gasteiger charge is 2.16. The summed E-state index contributed by atoms with van der Waals surface area (Å²) in [5.41, 5.74) is 1.09. The molecule has 2 aromatic rings. The van der Waals surface area contributed by atoms with Crippen LogP contribution < -0.4 is 0 Å². The number of carbonyl (C=O) groups excluding carboxylic acids is 2. The summed E-state index contributed by atoms with van der Waals surface area (Å²) in [5, 5.41) is 8.70. The fourth-order valence-corrected chi connectivity index (χ4v) is 1.83. The lowest BCUT2D eigenvalue weighted by atomic mass is 10.1. The van der Waals surface area contributed by atoms with Gasteiger partial charge in [-0.15, -0.1) is 0 Å². The number of carbonyl (C=O) groups is 2. The lowest BCUT2D eigenvalue weighted by Crippen LogP contribution is -2.05. The van der Waals surface area contributed by atoms with Crippen LogP contribution >= 0.6 is 0 Å². The largest absolute Gasteiger partial charge is 0.465 e. The van der Waals surface area contributed by atoms with Gasteiger partial charge in [0.05, 0.1) is 24.3 Å². The number of esters is 2. The van der Waals surface area contributed by atoms with Crippen LogP contribution in [0.1, 0.15) is 37.8 Å². The van der Waals surface area contributed by atoms with Gasteiger partial charge in [0.2, 0.25) is 0 Å². The second-order valence-electron chi connectivity index (χ2n) is 4.44. The van der Waals surface area contributed by atoms with Crippen LogP contribution in [0.5, 0.6) is 0 Å². The Balaban J connectivity index is 2.02. The first-order valence-corrected chi connectivity index (χ1v) is 6.40. The fourth-order valence-electron chi connectivity index (χ4n) is 1.83. The maximum absolute atomic E-state index is 11.9. The topological polar surface area (TPSA) is 89.5 Å². The molecule has 1 aromatic heterocycles. The minimum atomic E-state index is -0.543. The number of nitrogens with zero attached hydrogens (tertiary/aromatic N) is 1. The maximum atomic E-state index is 11.9. The molecule has 1 heterocycles. The Morgan fingerprint density at radius 1 is 1.23 bits per heavy atom. The van der Waals surface area contributed by atoms with E-state index in [4.69, 9.17) is 14.4 Å². The standard InChI is InChI=1S/C16H13NO5/c1-10-14(16(19)20-2)7-13(22-10)9-21-15(18)12-5-3-11(8-17)4-6-12/h3-7H,9H2,1-2H3. The Hall–Kier alpha value is -3.07. The van der Waals surface area contributed by atoms with Gasteiger partial charge in [0, 0.05) is 0 Å². The molecule has 6 nitrogen and oxygen atoms in total. The third-order valence-electron chi connectivity index (χ3n) is 2.97. The second kappa shape index (κ2) is 6.59. The zero-order valence-corrected chi connectivity index (χ0v) is 12.1. The number of hydrogen-bond acceptors (Lipinski definition) is 6. The maximum Gasteiger partial charge on any atom is 0.341 e. The van der Waals surface area contributed by atoms with Crippen molar-refractivity contribution in [2.24, 2.45) is 0 Å². The summed E-state index contributed by atoms with van der Waals surface area (Å²) in [6, 6.07) is 9.52. The van der Waals surface area contributed by atoms with Crippen molar-refractivity contribution in [1.29, 1.82) is 5.26 Å². The first kappa shape index (κ1) is 15.3. The van der Waals surface area contributed by atoms with Gasteiger partial charge >= 0.3 is 11.9 Å². The van der Waals surface area contributed by atoms with Crippen LogP contribution in [0.3, 0.4) is 0 Å². The Bertz CT molecular complexity index is 737. The summed E-state index contributed by atoms with van der Waals surface area (Å²) in [5.74, 6) is -0.305. The Kier molecular flexibility index (Phi) is 4.59. The molecule has 2 rings (SSSR count). The SMILES string of the molecule is COC(=O)c1cc(COC(=O)c2ccc(C#N)cc2)oc1C. The van der Waals surface area contributed by atoms with E-state index in [9.17, 15) is 9.59 Å². The molecule has 0 amide bonds. The van der Waals surface area contributed by atoms with E-state index in [1.807, 2.05) is 6.07 Å². The number of hydrogen-bond donors (Lipinski definition) is 0. The zero-order valence-electron chi connectivity index (χ0n) is 12.1. The average Bonchev–Trinajstić information content (AvgIpc) is 2.92. The second-order valence-corrected chi connectivity index (χ2v) is 4.44. The normalized spacial score (nSPS) is 9.86. The predicted molar refractivity (Wildman–Crippen MR) is 75.1 cm³/mol. The van der Waals surface area contributed by atoms with Crippen LogP contribution in [0, 0.1) is 18.3 Å². The number of rotatable bonds is 4. The third kappa shape index (κ3) is 3.33. The minimum absolute atomic E-state index is 0.101. The van der Waals surface area contributed by atoms with Crippen molar-refractivity contribution in [1.82, 2.24) is 0 Å². The Morgan fingerprint density at radius 3 is 2.50 bits per heavy atom. The van der Waals surface area contributed by atoms with E-state index in [1.165, 1.54) is 37.4 Å². The summed E-state index contributed by atoms with van der Waals surface area (Å²) < 4.78 is 15.1. The van der Waals surface area contributed by atoms with Gasteiger partial charge in [0.15, 0.2) is 0 Å². The van der Waals surface area contributed by atoms with E-state index in [0.29, 0.717) is 28.2 Å². The van der Waals surface area contributed by atoms with Crippen LogP contribution in [0.15, 0.2) is 34.7 Å². The van der Waals surface area contributed by atoms with E-state index >= 15 is 0 Å². The van der Waals surface area contributed by atoms with Crippen molar-refractivity contribution in [2.45, 2.75) is 13.5 Å². The van der Waals surface area contributed by atoms with Gasteiger partial charge in [-0.25, -0.2) is 9.59 Å². The summed E-state index contributed by atoms with van der Waals surface area (Å²) in [7, 11) is 1.28. The Labute approximate surface area is 126 Å². The van der Waals surface area contributed by atoms with Gasteiger partial charge in [-0.2, -0.15) is 5.26 Å². The fraction of sp³-hybridized carbons (Fsp3) is 0.188. The van der Waals surface area contributed by atoms with E-state index < -0.39 is 11.9 Å². The van der Waals surface area contributed by atoms with Crippen LogP contribution in [-0.4, -0.2) is 19.0 Å². The molecule has 0 aliphatic carbocycles. The molecule has 112 valence electrons. The molecule has 6 heteroatoms. The van der Waals surface area contributed by atoms with E-state index in [1.54, 1.807) is 6.92 Å². The van der Waals surface area contributed by atoms with Crippen molar-refractivity contribution in [3.05, 3.63) is 58.5 Å². The predicted octanol–water partition coefficient (Wildman–Crippen LogP) is 2.60. The molecule has 0 N–H and O–H groups in total. The highest BCUT2D eigenvalue weighted by Crippen LogP contribution is 2.17. The molecule has 0 radical (unpaired) electrons. The molecule has 0 saturated carbocycles. The van der Waals surface area contributed by atoms with Gasteiger partial charge in [0.1, 0.15) is 23.7 Å². The molecular formula is C16H13NO5. The van der Waals surface area contributed by atoms with Crippen LogP contribution in [0.25, 0.3) is 0 Å². The van der Waals surface area contributed by atoms with Crippen molar-refractivity contribution in [2.75, 3.05) is 7.11 Å². The van der Waals surface area contributed by atoms with Crippen molar-refractivity contribution < 1.29 is 23.5 Å². The van der Waals surface area contributed by atoms with Crippen molar-refractivity contribution in [3.8, 4) is 6.07 Å². The third-order valence-corrected chi connectivity index (χ3v) is 2.97. The zero-order chi connectivity index (χ0) is 16.1. The quantitative estimate of drug-likeness (QED) is 0.806. The summed E-state index contributed by atoms with van der Waals surface area (Å²) >= 11 is 0. The van der Waals surface area contributed by atoms with Crippen molar-refractivity contribution >= 4 is 11.9 Å². The van der Waals surface area contributed by atoms with E-state index in [-0.39, 0.29) is 6.61 Å². The van der Waals surface area contributed by atoms with Gasteiger partial charge in [0.25, 0.3) is 0 Å². The van der Waals surface area contributed by atoms with Gasteiger partial charge < -0.3 is 13.9 Å². The van der Waals surface area contributed by atoms with Crippen LogP contribution in [0.4, 0.5) is 0 Å². The molecule has 0 bridgehead atoms. The number of furan rings is 1. The summed E-state index contributed by atoms with van der Waals surface area (Å²) in [6.45, 7) is 1.52. The first-order chi connectivity index (χ1) is 10.5. The lowest BCUT2D eigenvalue weighted by molar-refractivity contribution is 0.0444. The van der Waals surface area contributed by atoms with Gasteiger partial charge in [-0.1, -0.05) is 0 Å². The molecule has 0 atom stereocenters. The monoisotopic (exact) mass is 299 g/mol. The molecule has 0 aliphatic heterocycles. The van der Waals surface area contributed by atoms with Crippen LogP contribution in [0.2, 0.25) is 0 Å². The molecule has 0 aliphatic rings. The molecule has 22 heavy (non-hydrogen) atoms. The number of nitriles is 1. The summed E-state index contributed by atoms with van der Waals surface area (Å²) in [6.07, 6.45) is 0. The minimum Gasteiger partial charge on any atom is -0.465 e. The summed E-state index contributed by atoms with van der Waals surface area (Å²) in [4.78, 5) is 23.3. The Morgan fingerprint density at radius 2 is 1.91 bits per heavy atom. The lowest BCUT2D eigenvalue weighted by Gasteiger charge is -2.02. The van der Waals surface area contributed by atoms with Crippen molar-refractivity contribution in [3.63, 3.8) is 0 Å². The number of benzene rings is 1. The van der Waals surface area contributed by atoms with Crippen LogP contribution in [-0.2, 0) is 16.1 Å². The number of methoxy groups -OCH3 is 1. The molecule has 1 aromatic carbocycles. The molecule has 0 unspecified atom stereocenters. The first-order valence-electron chi connectivity index (χ1n) is 6.40. The highest BCUT2D eigenvalue weighted by molar-refractivity contribution is 5.91. The number of aryl methyl sites for hydroxylation is 1. The van der Waals surface area contributed by atoms with E-state index in [0.717, 1.165) is 0 Å². The number of ether oxygens (including phenoxy) is 2. The molecule has 0 fully saturated rings. The van der Waals surface area contributed by atoms with Gasteiger partial charge in [-0.3, -0.25) is 0 Å². The molecule has 0 spiro atoms.